The number of aliphatic imine (C=N–C) groups is 1. The van der Waals surface area contributed by atoms with Crippen molar-refractivity contribution in [2.75, 3.05) is 20.2 Å². The number of carbonyl (C=O) groups is 3. The average Bonchev–Trinajstić information content (AvgIpc) is 3.09. The van der Waals surface area contributed by atoms with Gasteiger partial charge in [0.1, 0.15) is 17.9 Å². The third-order valence-electron chi connectivity index (χ3n) is 4.97. The molecule has 1 saturated heterocycles. The first kappa shape index (κ1) is 19.1. The molecule has 0 saturated carbocycles. The van der Waals surface area contributed by atoms with E-state index >= 15 is 0 Å². The Morgan fingerprint density at radius 1 is 1.30 bits per heavy atom. The number of amidine groups is 1. The molecule has 1 aromatic rings. The molecule has 27 heavy (non-hydrogen) atoms. The molecule has 3 heterocycles. The van der Waals surface area contributed by atoms with Gasteiger partial charge in [-0.25, -0.2) is 18.8 Å². The Morgan fingerprint density at radius 2 is 1.96 bits per heavy atom. The van der Waals surface area contributed by atoms with Gasteiger partial charge >= 0.3 is 17.9 Å². The number of fused-ring (bicyclic) bond motifs is 3. The fraction of sp³-hybridized carbons (Fsp3) is 0.611. The molecule has 0 spiro atoms. The van der Waals surface area contributed by atoms with E-state index in [0.717, 1.165) is 22.8 Å². The molecule has 3 amide bonds. The van der Waals surface area contributed by atoms with E-state index in [1.165, 1.54) is 4.90 Å². The third-order valence-corrected chi connectivity index (χ3v) is 4.97. The molecule has 1 unspecified atom stereocenters. The van der Waals surface area contributed by atoms with Gasteiger partial charge in [0.25, 0.3) is 5.91 Å². The molecule has 0 aliphatic carbocycles. The lowest BCUT2D eigenvalue weighted by Crippen LogP contribution is -2.58. The lowest BCUT2D eigenvalue weighted by atomic mass is 10.1. The first-order valence-electron chi connectivity index (χ1n) is 9.13. The van der Waals surface area contributed by atoms with Gasteiger partial charge < -0.3 is 4.74 Å². The second-order valence-corrected chi connectivity index (χ2v) is 7.29. The molecule has 1 aromatic heterocycles. The number of ether oxygens (including phenoxy) is 1. The Bertz CT molecular complexity index is 854. The van der Waals surface area contributed by atoms with Gasteiger partial charge in [-0.05, 0) is 26.7 Å². The van der Waals surface area contributed by atoms with Crippen LogP contribution in [0.1, 0.15) is 38.2 Å². The van der Waals surface area contributed by atoms with Crippen molar-refractivity contribution in [1.29, 1.82) is 0 Å². The van der Waals surface area contributed by atoms with Crippen molar-refractivity contribution < 1.29 is 23.7 Å². The van der Waals surface area contributed by atoms with E-state index < -0.39 is 30.5 Å². The van der Waals surface area contributed by atoms with Crippen LogP contribution in [0.15, 0.2) is 4.99 Å². The predicted octanol–water partition coefficient (Wildman–Crippen LogP) is 1.09. The molecule has 9 heteroatoms. The maximum atomic E-state index is 13.1. The van der Waals surface area contributed by atoms with Gasteiger partial charge in [-0.15, -0.1) is 0 Å². The molecule has 0 radical (unpaired) electrons. The van der Waals surface area contributed by atoms with E-state index in [-0.39, 0.29) is 6.61 Å². The first-order valence-corrected chi connectivity index (χ1v) is 9.13. The highest BCUT2D eigenvalue weighted by Crippen LogP contribution is 2.35. The molecule has 1 fully saturated rings. The summed E-state index contributed by atoms with van der Waals surface area (Å²) in [4.78, 5) is 44.5. The minimum absolute atomic E-state index is 0.191. The van der Waals surface area contributed by atoms with Gasteiger partial charge in [-0.3, -0.25) is 14.5 Å². The largest absolute Gasteiger partial charge is 0.465 e. The van der Waals surface area contributed by atoms with Crippen LogP contribution in [-0.2, 0) is 20.9 Å². The lowest BCUT2D eigenvalue weighted by molar-refractivity contribution is -0.694. The number of imidazole rings is 1. The van der Waals surface area contributed by atoms with E-state index in [9.17, 15) is 14.4 Å². The topological polar surface area (TPSA) is 88.1 Å². The highest BCUT2D eigenvalue weighted by atomic mass is 16.5. The summed E-state index contributed by atoms with van der Waals surface area (Å²) < 4.78 is 8.84. The molecule has 2 aliphatic rings. The minimum Gasteiger partial charge on any atom is -0.465 e. The minimum atomic E-state index is -0.746. The Balaban J connectivity index is 2.04. The molecule has 146 valence electrons. The molecule has 3 rings (SSSR count). The monoisotopic (exact) mass is 376 g/mol. The van der Waals surface area contributed by atoms with Crippen LogP contribution in [0.2, 0.25) is 0 Å². The van der Waals surface area contributed by atoms with Gasteiger partial charge in [-0.1, -0.05) is 18.8 Å². The van der Waals surface area contributed by atoms with E-state index in [0.29, 0.717) is 17.7 Å². The van der Waals surface area contributed by atoms with Crippen LogP contribution in [0.5, 0.6) is 0 Å². The van der Waals surface area contributed by atoms with Crippen molar-refractivity contribution in [3.63, 3.8) is 0 Å². The summed E-state index contributed by atoms with van der Waals surface area (Å²) in [7, 11) is 1.57. The molecule has 1 atom stereocenters. The fourth-order valence-electron chi connectivity index (χ4n) is 3.57. The summed E-state index contributed by atoms with van der Waals surface area (Å²) in [6, 6.07) is -1.32. The number of imide groups is 1. The number of hydrogen-bond acceptors (Lipinski definition) is 5. The van der Waals surface area contributed by atoms with Gasteiger partial charge in [0.05, 0.1) is 13.2 Å². The second kappa shape index (κ2) is 6.79. The molecular weight excluding hydrogens is 350 g/mol. The van der Waals surface area contributed by atoms with Gasteiger partial charge in [0.15, 0.2) is 0 Å². The van der Waals surface area contributed by atoms with Crippen LogP contribution < -0.4 is 4.57 Å². The zero-order chi connectivity index (χ0) is 20.0. The summed E-state index contributed by atoms with van der Waals surface area (Å²) in [5.41, 5.74) is 1.95. The number of rotatable bonds is 5. The van der Waals surface area contributed by atoms with E-state index in [1.54, 1.807) is 14.0 Å². The van der Waals surface area contributed by atoms with Crippen LogP contribution in [0.25, 0.3) is 0 Å². The van der Waals surface area contributed by atoms with Crippen molar-refractivity contribution in [2.45, 2.75) is 47.2 Å². The second-order valence-electron chi connectivity index (χ2n) is 7.29. The fourth-order valence-corrected chi connectivity index (χ4v) is 3.57. The number of likely N-dealkylation sites (N-methyl/N-ethyl adjacent to an activating group) is 1. The molecule has 0 bridgehead atoms. The van der Waals surface area contributed by atoms with Crippen LogP contribution in [0.3, 0.4) is 0 Å². The maximum absolute atomic E-state index is 13.1. The summed E-state index contributed by atoms with van der Waals surface area (Å²) in [6.45, 7) is 10.4. The summed E-state index contributed by atoms with van der Waals surface area (Å²) in [5, 5.41) is 0. The molecule has 2 aliphatic heterocycles. The summed E-state index contributed by atoms with van der Waals surface area (Å²) in [5.74, 6) is 0.378. The van der Waals surface area contributed by atoms with Crippen molar-refractivity contribution in [3.8, 4) is 0 Å². The van der Waals surface area contributed by atoms with Crippen molar-refractivity contribution in [1.82, 2.24) is 14.4 Å². The SMILES string of the molecule is CCOC(=O)CN1C(=O)C2C(=Nc3n2c(C)c(C)[n+]3CC(C)C)N(C)C1=O. The number of aromatic nitrogens is 2. The van der Waals surface area contributed by atoms with E-state index in [4.69, 9.17) is 4.74 Å². The zero-order valence-corrected chi connectivity index (χ0v) is 16.6. The summed E-state index contributed by atoms with van der Waals surface area (Å²) in [6.07, 6.45) is 0. The molecular formula is C18H26N5O4+. The molecule has 0 N–H and O–H groups in total. The Kier molecular flexibility index (Phi) is 4.79. The zero-order valence-electron chi connectivity index (χ0n) is 16.6. The van der Waals surface area contributed by atoms with Crippen molar-refractivity contribution in [2.24, 2.45) is 10.9 Å². The highest BCUT2D eigenvalue weighted by molar-refractivity contribution is 6.21. The number of hydrogen-bond donors (Lipinski definition) is 0. The Labute approximate surface area is 158 Å². The standard InChI is InChI=1S/C18H26N5O4/c1-7-27-13(24)9-22-16(25)14-15(20(6)18(22)26)19-17-21(8-10(2)3)11(4)12(5)23(14)17/h10,14H,7-9H2,1-6H3/q+1. The predicted molar refractivity (Wildman–Crippen MR) is 96.6 cm³/mol. The quantitative estimate of drug-likeness (QED) is 0.568. The highest BCUT2D eigenvalue weighted by Gasteiger charge is 2.54. The number of nitrogens with zero attached hydrogens (tertiary/aromatic N) is 5. The Morgan fingerprint density at radius 3 is 2.56 bits per heavy atom. The smallest absolute Gasteiger partial charge is 0.402 e. The van der Waals surface area contributed by atoms with Crippen LogP contribution in [0.4, 0.5) is 10.7 Å². The number of urea groups is 1. The van der Waals surface area contributed by atoms with Crippen molar-refractivity contribution >= 4 is 29.7 Å². The van der Waals surface area contributed by atoms with Gasteiger partial charge in [-0.2, -0.15) is 0 Å². The maximum Gasteiger partial charge on any atom is 0.402 e. The lowest BCUT2D eigenvalue weighted by Gasteiger charge is -2.32. The number of carbonyl (C=O) groups excluding carboxylic acids is 3. The van der Waals surface area contributed by atoms with E-state index in [2.05, 4.69) is 23.4 Å². The normalized spacial score (nSPS) is 18.8. The number of esters is 1. The summed E-state index contributed by atoms with van der Waals surface area (Å²) >= 11 is 0. The van der Waals surface area contributed by atoms with Crippen LogP contribution >= 0.6 is 0 Å². The van der Waals surface area contributed by atoms with Crippen LogP contribution in [0, 0.1) is 19.8 Å². The third kappa shape index (κ3) is 2.90. The van der Waals surface area contributed by atoms with Crippen LogP contribution in [-0.4, -0.2) is 58.3 Å². The molecule has 0 aromatic carbocycles. The van der Waals surface area contributed by atoms with Crippen molar-refractivity contribution in [3.05, 3.63) is 11.4 Å². The number of amides is 3. The Hall–Kier alpha value is -2.71. The molecule has 9 nitrogen and oxygen atoms in total. The average molecular weight is 376 g/mol. The first-order chi connectivity index (χ1) is 12.7. The van der Waals surface area contributed by atoms with E-state index in [1.807, 2.05) is 18.4 Å². The van der Waals surface area contributed by atoms with Gasteiger partial charge in [0, 0.05) is 7.05 Å². The van der Waals surface area contributed by atoms with Gasteiger partial charge in [0.2, 0.25) is 11.9 Å².